The molecule has 2 aliphatic rings. The van der Waals surface area contributed by atoms with Crippen LogP contribution in [0, 0.1) is 0 Å². The molecule has 2 unspecified atom stereocenters. The second-order valence-corrected chi connectivity index (χ2v) is 9.70. The maximum absolute atomic E-state index is 12.1. The molecule has 4 nitrogen and oxygen atoms in total. The number of hydrogen-bond donors (Lipinski definition) is 0. The van der Waals surface area contributed by atoms with Crippen molar-refractivity contribution in [1.82, 2.24) is 4.90 Å². The molecule has 1 saturated heterocycles. The number of rotatable bonds is 4. The molecule has 0 N–H and O–H groups in total. The number of sulfone groups is 1. The molecular weight excluding hydrogens is 393 g/mol. The van der Waals surface area contributed by atoms with Crippen LogP contribution in [0.25, 0.3) is 0 Å². The third-order valence-electron chi connectivity index (χ3n) is 5.13. The van der Waals surface area contributed by atoms with Gasteiger partial charge in [0.15, 0.2) is 9.84 Å². The quantitative estimate of drug-likeness (QED) is 0.757. The summed E-state index contributed by atoms with van der Waals surface area (Å²) in [5, 5.41) is 1.20. The zero-order valence-electron chi connectivity index (χ0n) is 14.3. The molecule has 26 heavy (non-hydrogen) atoms. The van der Waals surface area contributed by atoms with E-state index in [-0.39, 0.29) is 17.0 Å². The van der Waals surface area contributed by atoms with Gasteiger partial charge in [0.1, 0.15) is 16.7 Å². The number of nitrogens with zero attached hydrogens (tertiary/aromatic N) is 1. The van der Waals surface area contributed by atoms with E-state index in [1.807, 2.05) is 6.07 Å². The van der Waals surface area contributed by atoms with Gasteiger partial charge in [-0.3, -0.25) is 4.90 Å². The molecule has 2 atom stereocenters. The minimum atomic E-state index is -3.39. The molecule has 0 saturated carbocycles. The fourth-order valence-corrected chi connectivity index (χ4v) is 5.14. The van der Waals surface area contributed by atoms with Gasteiger partial charge >= 0.3 is 0 Å². The zero-order valence-corrected chi connectivity index (χ0v) is 16.6. The van der Waals surface area contributed by atoms with E-state index in [9.17, 15) is 8.42 Å². The summed E-state index contributed by atoms with van der Waals surface area (Å²) in [6.45, 7) is 2.02. The van der Waals surface area contributed by atoms with E-state index in [1.165, 1.54) is 6.26 Å². The van der Waals surface area contributed by atoms with Gasteiger partial charge in [0.05, 0.1) is 6.04 Å². The minimum absolute atomic E-state index is 0.127. The number of hydrogen-bond acceptors (Lipinski definition) is 4. The number of ether oxygens (including phenoxy) is 1. The van der Waals surface area contributed by atoms with Crippen LogP contribution in [-0.4, -0.2) is 38.7 Å². The lowest BCUT2D eigenvalue weighted by atomic mass is 10.1. The van der Waals surface area contributed by atoms with Crippen molar-refractivity contribution in [3.63, 3.8) is 0 Å². The summed E-state index contributed by atoms with van der Waals surface area (Å²) in [5.74, 6) is 0.370. The third kappa shape index (κ3) is 3.22. The molecule has 2 aromatic rings. The van der Waals surface area contributed by atoms with Crippen LogP contribution in [0.5, 0.6) is 5.75 Å². The maximum atomic E-state index is 12.1. The Morgan fingerprint density at radius 1 is 1.15 bits per heavy atom. The monoisotopic (exact) mass is 411 g/mol. The van der Waals surface area contributed by atoms with Gasteiger partial charge in [-0.2, -0.15) is 0 Å². The van der Waals surface area contributed by atoms with E-state index in [0.29, 0.717) is 15.8 Å². The second-order valence-electron chi connectivity index (χ2n) is 6.87. The van der Waals surface area contributed by atoms with Gasteiger partial charge in [-0.05, 0) is 55.8 Å². The summed E-state index contributed by atoms with van der Waals surface area (Å²) in [6.07, 6.45) is 2.83. The van der Waals surface area contributed by atoms with Crippen LogP contribution in [0.1, 0.15) is 23.7 Å². The molecule has 1 heterocycles. The number of benzene rings is 2. The van der Waals surface area contributed by atoms with Crippen LogP contribution in [0.3, 0.4) is 0 Å². The van der Waals surface area contributed by atoms with Crippen molar-refractivity contribution < 1.29 is 13.2 Å². The summed E-state index contributed by atoms with van der Waals surface area (Å²) >= 11 is 12.7. The highest BCUT2D eigenvalue weighted by Gasteiger charge is 2.41. The van der Waals surface area contributed by atoms with Gasteiger partial charge in [0.2, 0.25) is 0 Å². The Hall–Kier alpha value is -1.27. The minimum Gasteiger partial charge on any atom is -0.483 e. The maximum Gasteiger partial charge on any atom is 0.179 e. The van der Waals surface area contributed by atoms with Gasteiger partial charge in [-0.1, -0.05) is 35.3 Å². The zero-order chi connectivity index (χ0) is 18.5. The standard InChI is InChI=1S/C19H19Cl2NO3S/c1-26(23,24)18-6-3-2-5-17(18)25-19-14-9-12(20)10-15(21)13(14)11-16(19)22-7-4-8-22/h2-3,5-6,9-10,16,19H,4,7-8,11H2,1H3. The molecule has 0 spiro atoms. The Labute approximate surface area is 163 Å². The third-order valence-corrected chi connectivity index (χ3v) is 6.82. The van der Waals surface area contributed by atoms with Crippen LogP contribution in [0.15, 0.2) is 41.3 Å². The molecule has 4 rings (SSSR count). The average molecular weight is 412 g/mol. The Bertz CT molecular complexity index is 957. The summed E-state index contributed by atoms with van der Waals surface area (Å²) in [5.41, 5.74) is 1.98. The number of likely N-dealkylation sites (tertiary alicyclic amines) is 1. The topological polar surface area (TPSA) is 46.6 Å². The lowest BCUT2D eigenvalue weighted by Gasteiger charge is -2.39. The van der Waals surface area contributed by atoms with E-state index >= 15 is 0 Å². The number of halogens is 2. The van der Waals surface area contributed by atoms with Crippen LogP contribution < -0.4 is 4.74 Å². The number of para-hydroxylation sites is 1. The lowest BCUT2D eigenvalue weighted by Crippen LogP contribution is -2.48. The van der Waals surface area contributed by atoms with Crippen molar-refractivity contribution in [3.05, 3.63) is 57.6 Å². The van der Waals surface area contributed by atoms with Gasteiger partial charge in [0.25, 0.3) is 0 Å². The van der Waals surface area contributed by atoms with Crippen molar-refractivity contribution in [2.24, 2.45) is 0 Å². The van der Waals surface area contributed by atoms with Gasteiger partial charge in [-0.15, -0.1) is 0 Å². The molecule has 7 heteroatoms. The highest BCUT2D eigenvalue weighted by Crippen LogP contribution is 2.44. The SMILES string of the molecule is CS(=O)(=O)c1ccccc1OC1c2cc(Cl)cc(Cl)c2CC1N1CCC1. The smallest absolute Gasteiger partial charge is 0.179 e. The van der Waals surface area contributed by atoms with E-state index in [0.717, 1.165) is 37.1 Å². The molecule has 0 aromatic heterocycles. The largest absolute Gasteiger partial charge is 0.483 e. The van der Waals surface area contributed by atoms with Gasteiger partial charge in [0, 0.05) is 21.9 Å². The summed E-state index contributed by atoms with van der Waals surface area (Å²) in [6, 6.07) is 10.5. The Morgan fingerprint density at radius 3 is 2.54 bits per heavy atom. The first kappa shape index (κ1) is 18.1. The van der Waals surface area contributed by atoms with Crippen molar-refractivity contribution in [2.75, 3.05) is 19.3 Å². The predicted octanol–water partition coefficient (Wildman–Crippen LogP) is 4.15. The van der Waals surface area contributed by atoms with Crippen LogP contribution in [0.4, 0.5) is 0 Å². The Kier molecular flexibility index (Phi) is 4.68. The fraction of sp³-hybridized carbons (Fsp3) is 0.368. The van der Waals surface area contributed by atoms with Crippen molar-refractivity contribution >= 4 is 33.0 Å². The van der Waals surface area contributed by atoms with Crippen molar-refractivity contribution in [3.8, 4) is 5.75 Å². The molecule has 1 aliphatic carbocycles. The first-order valence-electron chi connectivity index (χ1n) is 8.52. The van der Waals surface area contributed by atoms with Crippen LogP contribution in [-0.2, 0) is 16.3 Å². The first-order valence-corrected chi connectivity index (χ1v) is 11.2. The van der Waals surface area contributed by atoms with Crippen LogP contribution in [0.2, 0.25) is 10.0 Å². The molecule has 1 fully saturated rings. The second kappa shape index (κ2) is 6.71. The summed E-state index contributed by atoms with van der Waals surface area (Å²) in [7, 11) is -3.39. The molecule has 138 valence electrons. The normalized spacial score (nSPS) is 22.7. The predicted molar refractivity (Wildman–Crippen MR) is 103 cm³/mol. The highest BCUT2D eigenvalue weighted by molar-refractivity contribution is 7.90. The Balaban J connectivity index is 1.77. The molecule has 0 bridgehead atoms. The average Bonchev–Trinajstić information content (AvgIpc) is 2.84. The lowest BCUT2D eigenvalue weighted by molar-refractivity contribution is 0.0372. The molecule has 2 aromatic carbocycles. The van der Waals surface area contributed by atoms with Gasteiger partial charge < -0.3 is 4.74 Å². The molecule has 0 amide bonds. The van der Waals surface area contributed by atoms with E-state index in [4.69, 9.17) is 27.9 Å². The van der Waals surface area contributed by atoms with Crippen LogP contribution >= 0.6 is 23.2 Å². The van der Waals surface area contributed by atoms with Crippen molar-refractivity contribution in [1.29, 1.82) is 0 Å². The molecule has 0 radical (unpaired) electrons. The summed E-state index contributed by atoms with van der Waals surface area (Å²) < 4.78 is 30.6. The van der Waals surface area contributed by atoms with E-state index in [2.05, 4.69) is 4.90 Å². The first-order chi connectivity index (χ1) is 12.3. The van der Waals surface area contributed by atoms with E-state index in [1.54, 1.807) is 30.3 Å². The highest BCUT2D eigenvalue weighted by atomic mass is 35.5. The van der Waals surface area contributed by atoms with Gasteiger partial charge in [-0.25, -0.2) is 8.42 Å². The number of fused-ring (bicyclic) bond motifs is 1. The molecule has 1 aliphatic heterocycles. The molecular formula is C19H19Cl2NO3S. The van der Waals surface area contributed by atoms with Crippen molar-refractivity contribution in [2.45, 2.75) is 29.9 Å². The van der Waals surface area contributed by atoms with E-state index < -0.39 is 9.84 Å². The Morgan fingerprint density at radius 2 is 1.88 bits per heavy atom. The summed E-state index contributed by atoms with van der Waals surface area (Å²) in [4.78, 5) is 2.56. The fourth-order valence-electron chi connectivity index (χ4n) is 3.74.